The quantitative estimate of drug-likeness (QED) is 0.703. The highest BCUT2D eigenvalue weighted by Gasteiger charge is 2.09. The molecule has 0 radical (unpaired) electrons. The molecular weight excluding hydrogens is 234 g/mol. The Morgan fingerprint density at radius 1 is 1.12 bits per heavy atom. The summed E-state index contributed by atoms with van der Waals surface area (Å²) in [5.41, 5.74) is 3.15. The number of aromatic nitrogens is 3. The van der Waals surface area contributed by atoms with Gasteiger partial charge < -0.3 is 4.98 Å². The van der Waals surface area contributed by atoms with E-state index in [2.05, 4.69) is 27.1 Å². The lowest BCUT2D eigenvalue weighted by atomic mass is 10.1. The number of fused-ring (bicyclic) bond motifs is 1. The average Bonchev–Trinajstić information content (AvgIpc) is 2.75. The first-order valence-corrected chi connectivity index (χ1v) is 5.73. The first kappa shape index (κ1) is 10.3. The summed E-state index contributed by atoms with van der Waals surface area (Å²) in [6, 6.07) is 10.3. The largest absolute Gasteiger partial charge is 0.346 e. The van der Waals surface area contributed by atoms with E-state index in [4.69, 9.17) is 11.6 Å². The monoisotopic (exact) mass is 243 g/mol. The number of nitrogens with zero attached hydrogens (tertiary/aromatic N) is 2. The van der Waals surface area contributed by atoms with Crippen LogP contribution in [0.2, 0.25) is 5.15 Å². The van der Waals surface area contributed by atoms with Crippen molar-refractivity contribution >= 4 is 22.6 Å². The molecule has 3 rings (SSSR count). The van der Waals surface area contributed by atoms with Gasteiger partial charge in [0.15, 0.2) is 0 Å². The van der Waals surface area contributed by atoms with E-state index >= 15 is 0 Å². The van der Waals surface area contributed by atoms with E-state index in [1.807, 2.05) is 24.4 Å². The fourth-order valence-corrected chi connectivity index (χ4v) is 2.20. The minimum atomic E-state index is 0.502. The Kier molecular flexibility index (Phi) is 2.53. The van der Waals surface area contributed by atoms with Crippen molar-refractivity contribution in [2.45, 2.75) is 6.42 Å². The Hall–Kier alpha value is -1.87. The van der Waals surface area contributed by atoms with Gasteiger partial charge in [-0.05, 0) is 17.5 Å². The summed E-state index contributed by atoms with van der Waals surface area (Å²) < 4.78 is 0. The molecule has 0 spiro atoms. The Labute approximate surface area is 103 Å². The van der Waals surface area contributed by atoms with E-state index in [-0.39, 0.29) is 0 Å². The maximum Gasteiger partial charge on any atom is 0.142 e. The number of aromatic amines is 1. The van der Waals surface area contributed by atoms with Gasteiger partial charge in [-0.3, -0.25) is 0 Å². The van der Waals surface area contributed by atoms with E-state index < -0.39 is 0 Å². The molecule has 0 aliphatic carbocycles. The minimum Gasteiger partial charge on any atom is -0.346 e. The summed E-state index contributed by atoms with van der Waals surface area (Å²) in [5.74, 6) is 0. The van der Waals surface area contributed by atoms with Gasteiger partial charge in [0, 0.05) is 6.20 Å². The second-order valence-corrected chi connectivity index (χ2v) is 4.22. The van der Waals surface area contributed by atoms with E-state index in [1.54, 1.807) is 0 Å². The first-order chi connectivity index (χ1) is 8.34. The predicted octanol–water partition coefficient (Wildman–Crippen LogP) is 3.20. The standard InChI is InChI=1S/C13H10ClN3/c14-12-11-10(6-9-4-2-1-3-5-9)7-15-13(11)17-8-16-12/h1-5,7-8H,6H2,(H,15,16,17). The van der Waals surface area contributed by atoms with Crippen molar-refractivity contribution in [1.82, 2.24) is 15.0 Å². The second-order valence-electron chi connectivity index (χ2n) is 3.86. The number of H-pyrrole nitrogens is 1. The molecule has 17 heavy (non-hydrogen) atoms. The van der Waals surface area contributed by atoms with Crippen molar-refractivity contribution in [3.8, 4) is 0 Å². The van der Waals surface area contributed by atoms with Gasteiger partial charge in [0.1, 0.15) is 17.1 Å². The molecular formula is C13H10ClN3. The molecule has 2 aromatic heterocycles. The Bertz CT molecular complexity index is 646. The van der Waals surface area contributed by atoms with E-state index in [0.717, 1.165) is 23.0 Å². The molecule has 0 amide bonds. The van der Waals surface area contributed by atoms with Crippen molar-refractivity contribution in [3.63, 3.8) is 0 Å². The summed E-state index contributed by atoms with van der Waals surface area (Å²) >= 11 is 6.10. The molecule has 0 aliphatic rings. The van der Waals surface area contributed by atoms with Gasteiger partial charge in [-0.2, -0.15) is 0 Å². The maximum absolute atomic E-state index is 6.10. The highest BCUT2D eigenvalue weighted by atomic mass is 35.5. The lowest BCUT2D eigenvalue weighted by molar-refractivity contribution is 1.20. The second kappa shape index (κ2) is 4.18. The van der Waals surface area contributed by atoms with Crippen LogP contribution in [0.4, 0.5) is 0 Å². The first-order valence-electron chi connectivity index (χ1n) is 5.35. The van der Waals surface area contributed by atoms with Crippen LogP contribution in [0, 0.1) is 0 Å². The van der Waals surface area contributed by atoms with Crippen LogP contribution in [0.3, 0.4) is 0 Å². The van der Waals surface area contributed by atoms with Crippen LogP contribution in [0.25, 0.3) is 11.0 Å². The molecule has 0 saturated carbocycles. The zero-order valence-corrected chi connectivity index (χ0v) is 9.78. The molecule has 0 aliphatic heterocycles. The molecule has 0 saturated heterocycles. The van der Waals surface area contributed by atoms with Crippen molar-refractivity contribution in [1.29, 1.82) is 0 Å². The number of nitrogens with one attached hydrogen (secondary N) is 1. The van der Waals surface area contributed by atoms with Crippen LogP contribution in [0.1, 0.15) is 11.1 Å². The van der Waals surface area contributed by atoms with Crippen LogP contribution in [0.15, 0.2) is 42.9 Å². The Balaban J connectivity index is 2.07. The van der Waals surface area contributed by atoms with Gasteiger partial charge in [-0.25, -0.2) is 9.97 Å². The Morgan fingerprint density at radius 3 is 2.76 bits per heavy atom. The van der Waals surface area contributed by atoms with Crippen LogP contribution >= 0.6 is 11.6 Å². The van der Waals surface area contributed by atoms with E-state index in [9.17, 15) is 0 Å². The van der Waals surface area contributed by atoms with Crippen molar-refractivity contribution < 1.29 is 0 Å². The highest BCUT2D eigenvalue weighted by molar-refractivity contribution is 6.34. The lowest BCUT2D eigenvalue weighted by Gasteiger charge is -2.00. The normalized spacial score (nSPS) is 10.9. The average molecular weight is 244 g/mol. The van der Waals surface area contributed by atoms with Gasteiger partial charge in [-0.15, -0.1) is 0 Å². The molecule has 3 nitrogen and oxygen atoms in total. The van der Waals surface area contributed by atoms with E-state index in [0.29, 0.717) is 5.15 Å². The van der Waals surface area contributed by atoms with Crippen LogP contribution < -0.4 is 0 Å². The van der Waals surface area contributed by atoms with Crippen LogP contribution in [-0.4, -0.2) is 15.0 Å². The molecule has 84 valence electrons. The molecule has 2 heterocycles. The summed E-state index contributed by atoms with van der Waals surface area (Å²) in [5, 5.41) is 1.42. The summed E-state index contributed by atoms with van der Waals surface area (Å²) in [7, 11) is 0. The summed E-state index contributed by atoms with van der Waals surface area (Å²) in [6.07, 6.45) is 4.24. The third-order valence-corrected chi connectivity index (χ3v) is 3.03. The molecule has 4 heteroatoms. The van der Waals surface area contributed by atoms with Gasteiger partial charge in [0.05, 0.1) is 5.39 Å². The third-order valence-electron chi connectivity index (χ3n) is 2.74. The molecule has 0 bridgehead atoms. The molecule has 0 atom stereocenters. The number of halogens is 1. The molecule has 1 N–H and O–H groups in total. The van der Waals surface area contributed by atoms with Gasteiger partial charge >= 0.3 is 0 Å². The zero-order chi connectivity index (χ0) is 11.7. The van der Waals surface area contributed by atoms with Crippen LogP contribution in [-0.2, 0) is 6.42 Å². The maximum atomic E-state index is 6.10. The topological polar surface area (TPSA) is 41.6 Å². The predicted molar refractivity (Wildman–Crippen MR) is 68.1 cm³/mol. The minimum absolute atomic E-state index is 0.502. The van der Waals surface area contributed by atoms with Crippen LogP contribution in [0.5, 0.6) is 0 Å². The Morgan fingerprint density at radius 2 is 1.94 bits per heavy atom. The smallest absolute Gasteiger partial charge is 0.142 e. The number of rotatable bonds is 2. The fourth-order valence-electron chi connectivity index (χ4n) is 1.94. The summed E-state index contributed by atoms with van der Waals surface area (Å²) in [4.78, 5) is 11.3. The van der Waals surface area contributed by atoms with E-state index in [1.165, 1.54) is 11.9 Å². The number of hydrogen-bond acceptors (Lipinski definition) is 2. The fraction of sp³-hybridized carbons (Fsp3) is 0.0769. The van der Waals surface area contributed by atoms with Crippen molar-refractivity contribution in [2.24, 2.45) is 0 Å². The third kappa shape index (κ3) is 1.89. The van der Waals surface area contributed by atoms with Crippen molar-refractivity contribution in [2.75, 3.05) is 0 Å². The highest BCUT2D eigenvalue weighted by Crippen LogP contribution is 2.24. The van der Waals surface area contributed by atoms with Gasteiger partial charge in [0.2, 0.25) is 0 Å². The molecule has 0 fully saturated rings. The van der Waals surface area contributed by atoms with Gasteiger partial charge in [-0.1, -0.05) is 41.9 Å². The number of hydrogen-bond donors (Lipinski definition) is 1. The summed E-state index contributed by atoms with van der Waals surface area (Å²) in [6.45, 7) is 0. The van der Waals surface area contributed by atoms with Crippen molar-refractivity contribution in [3.05, 3.63) is 59.1 Å². The molecule has 3 aromatic rings. The lowest BCUT2D eigenvalue weighted by Crippen LogP contribution is -1.88. The number of benzene rings is 1. The molecule has 1 aromatic carbocycles. The SMILES string of the molecule is Clc1ncnc2[nH]cc(Cc3ccccc3)c12. The molecule has 0 unspecified atom stereocenters. The van der Waals surface area contributed by atoms with Gasteiger partial charge in [0.25, 0.3) is 0 Å². The zero-order valence-electron chi connectivity index (χ0n) is 9.02.